The largest absolute Gasteiger partial charge is 0.416 e. The molecule has 0 spiro atoms. The van der Waals surface area contributed by atoms with Crippen LogP contribution in [0, 0.1) is 0 Å². The van der Waals surface area contributed by atoms with Crippen molar-refractivity contribution >= 4 is 38.3 Å². The average molecular weight is 522 g/mol. The van der Waals surface area contributed by atoms with Crippen LogP contribution in [0.4, 0.5) is 19.0 Å². The third-order valence-electron chi connectivity index (χ3n) is 4.79. The predicted octanol–water partition coefficient (Wildman–Crippen LogP) is 5.68. The number of H-pyrrole nitrogens is 1. The van der Waals surface area contributed by atoms with Crippen LogP contribution in [-0.2, 0) is 12.7 Å². The quantitative estimate of drug-likeness (QED) is 0.334. The Morgan fingerprint density at radius 2 is 2.00 bits per heavy atom. The Bertz CT molecular complexity index is 1290. The van der Waals surface area contributed by atoms with Crippen molar-refractivity contribution in [3.8, 4) is 0 Å². The summed E-state index contributed by atoms with van der Waals surface area (Å²) in [6.45, 7) is 10.00. The molecular formula is C23H23BrF3N5O. The van der Waals surface area contributed by atoms with Gasteiger partial charge in [0.2, 0.25) is 0 Å². The maximum absolute atomic E-state index is 13.1. The summed E-state index contributed by atoms with van der Waals surface area (Å²) >= 11 is 3.48. The Morgan fingerprint density at radius 1 is 1.27 bits per heavy atom. The van der Waals surface area contributed by atoms with Crippen LogP contribution < -0.4 is 16.3 Å². The van der Waals surface area contributed by atoms with E-state index >= 15 is 0 Å². The molecule has 3 rings (SSSR count). The van der Waals surface area contributed by atoms with E-state index in [1.807, 2.05) is 26.2 Å². The molecule has 0 saturated carbocycles. The van der Waals surface area contributed by atoms with Gasteiger partial charge < -0.3 is 14.9 Å². The van der Waals surface area contributed by atoms with E-state index in [2.05, 4.69) is 44.8 Å². The van der Waals surface area contributed by atoms with Crippen molar-refractivity contribution in [1.29, 1.82) is 0 Å². The molecule has 10 heteroatoms. The topological polar surface area (TPSA) is 65.1 Å². The fourth-order valence-corrected chi connectivity index (χ4v) is 3.92. The number of nitrogens with zero attached hydrogens (tertiary/aromatic N) is 2. The highest BCUT2D eigenvalue weighted by Gasteiger charge is 2.30. The molecule has 0 aliphatic heterocycles. The van der Waals surface area contributed by atoms with Crippen molar-refractivity contribution in [1.82, 2.24) is 20.0 Å². The highest BCUT2D eigenvalue weighted by Crippen LogP contribution is 2.32. The zero-order chi connectivity index (χ0) is 24.3. The predicted molar refractivity (Wildman–Crippen MR) is 129 cm³/mol. The molecule has 2 heterocycles. The summed E-state index contributed by atoms with van der Waals surface area (Å²) in [4.78, 5) is 15.6. The lowest BCUT2D eigenvalue weighted by Gasteiger charge is -2.20. The molecule has 0 bridgehead atoms. The van der Waals surface area contributed by atoms with Gasteiger partial charge >= 0.3 is 6.18 Å². The fraction of sp³-hybridized carbons (Fsp3) is 0.174. The normalized spacial score (nSPS) is 11.7. The first-order chi connectivity index (χ1) is 15.5. The molecule has 33 heavy (non-hydrogen) atoms. The SMILES string of the molecule is C=C(Cn1c(=O)ccc2cc(C(F)(F)F)ccc21)Nc1[nH]cc(Br)c1C(=C)NN(C)/C=C/C. The number of hydrogen-bond donors (Lipinski definition) is 3. The smallest absolute Gasteiger partial charge is 0.346 e. The van der Waals surface area contributed by atoms with E-state index in [4.69, 9.17) is 0 Å². The van der Waals surface area contributed by atoms with E-state index in [1.54, 1.807) is 11.2 Å². The first-order valence-electron chi connectivity index (χ1n) is 9.85. The van der Waals surface area contributed by atoms with Crippen LogP contribution in [0.1, 0.15) is 18.1 Å². The first kappa shape index (κ1) is 24.2. The van der Waals surface area contributed by atoms with Gasteiger partial charge in [-0.3, -0.25) is 15.2 Å². The van der Waals surface area contributed by atoms with Crippen LogP contribution in [0.25, 0.3) is 16.6 Å². The second kappa shape index (κ2) is 9.62. The Labute approximate surface area is 197 Å². The van der Waals surface area contributed by atoms with Gasteiger partial charge in [-0.1, -0.05) is 19.2 Å². The summed E-state index contributed by atoms with van der Waals surface area (Å²) in [6.07, 6.45) is 0.966. The van der Waals surface area contributed by atoms with Crippen molar-refractivity contribution < 1.29 is 13.2 Å². The molecule has 1 aromatic carbocycles. The number of halogens is 4. The number of rotatable bonds is 8. The van der Waals surface area contributed by atoms with E-state index in [0.29, 0.717) is 28.1 Å². The third-order valence-corrected chi connectivity index (χ3v) is 5.41. The molecule has 0 radical (unpaired) electrons. The van der Waals surface area contributed by atoms with E-state index in [1.165, 1.54) is 22.8 Å². The molecule has 2 aromatic heterocycles. The van der Waals surface area contributed by atoms with Gasteiger partial charge in [0.25, 0.3) is 5.56 Å². The maximum atomic E-state index is 13.1. The number of benzene rings is 1. The van der Waals surface area contributed by atoms with Gasteiger partial charge in [-0.15, -0.1) is 0 Å². The van der Waals surface area contributed by atoms with Gasteiger partial charge in [0.15, 0.2) is 0 Å². The molecule has 3 aromatic rings. The number of alkyl halides is 3. The van der Waals surface area contributed by atoms with Crippen molar-refractivity contribution in [2.24, 2.45) is 0 Å². The average Bonchev–Trinajstić information content (AvgIpc) is 3.09. The molecule has 0 unspecified atom stereocenters. The van der Waals surface area contributed by atoms with Crippen LogP contribution in [0.15, 0.2) is 76.9 Å². The molecule has 3 N–H and O–H groups in total. The summed E-state index contributed by atoms with van der Waals surface area (Å²) in [5, 5.41) is 5.19. The maximum Gasteiger partial charge on any atom is 0.416 e. The van der Waals surface area contributed by atoms with Crippen LogP contribution in [0.3, 0.4) is 0 Å². The lowest BCUT2D eigenvalue weighted by atomic mass is 10.1. The molecular weight excluding hydrogens is 499 g/mol. The molecule has 0 aliphatic rings. The van der Waals surface area contributed by atoms with Crippen molar-refractivity contribution in [3.63, 3.8) is 0 Å². The molecule has 6 nitrogen and oxygen atoms in total. The van der Waals surface area contributed by atoms with E-state index in [9.17, 15) is 18.0 Å². The lowest BCUT2D eigenvalue weighted by molar-refractivity contribution is -0.137. The molecule has 0 saturated heterocycles. The third kappa shape index (κ3) is 5.51. The van der Waals surface area contributed by atoms with Crippen LogP contribution in [0.2, 0.25) is 0 Å². The lowest BCUT2D eigenvalue weighted by Crippen LogP contribution is -2.28. The number of allylic oxidation sites excluding steroid dienone is 2. The van der Waals surface area contributed by atoms with Gasteiger partial charge in [0, 0.05) is 35.7 Å². The van der Waals surface area contributed by atoms with E-state index in [-0.39, 0.29) is 12.1 Å². The number of anilines is 1. The highest BCUT2D eigenvalue weighted by atomic mass is 79.9. The van der Waals surface area contributed by atoms with Crippen molar-refractivity contribution in [3.05, 3.63) is 93.6 Å². The van der Waals surface area contributed by atoms with Gasteiger partial charge in [-0.25, -0.2) is 0 Å². The van der Waals surface area contributed by atoms with Crippen molar-refractivity contribution in [2.75, 3.05) is 12.4 Å². The second-order valence-electron chi connectivity index (χ2n) is 7.33. The molecule has 0 amide bonds. The Hall–Kier alpha value is -3.40. The molecule has 174 valence electrons. The minimum atomic E-state index is -4.46. The number of hydrazine groups is 1. The highest BCUT2D eigenvalue weighted by molar-refractivity contribution is 9.10. The van der Waals surface area contributed by atoms with Gasteiger partial charge in [0.1, 0.15) is 5.82 Å². The second-order valence-corrected chi connectivity index (χ2v) is 8.18. The summed E-state index contributed by atoms with van der Waals surface area (Å²) in [5.41, 5.74) is 4.16. The molecule has 0 aliphatic carbocycles. The number of nitrogens with one attached hydrogen (secondary N) is 3. The number of aromatic amines is 1. The van der Waals surface area contributed by atoms with E-state index in [0.717, 1.165) is 22.2 Å². The number of fused-ring (bicyclic) bond motifs is 1. The number of hydrogen-bond acceptors (Lipinski definition) is 4. The Morgan fingerprint density at radius 3 is 2.67 bits per heavy atom. The summed E-state index contributed by atoms with van der Waals surface area (Å²) < 4.78 is 41.3. The molecule has 0 fully saturated rings. The summed E-state index contributed by atoms with van der Waals surface area (Å²) in [5.74, 6) is 0.589. The van der Waals surface area contributed by atoms with Crippen LogP contribution in [0.5, 0.6) is 0 Å². The first-order valence-corrected chi connectivity index (χ1v) is 10.6. The number of aromatic nitrogens is 2. The fourth-order valence-electron chi connectivity index (χ4n) is 3.37. The zero-order valence-electron chi connectivity index (χ0n) is 18.1. The van der Waals surface area contributed by atoms with Gasteiger partial charge in [0.05, 0.1) is 28.9 Å². The van der Waals surface area contributed by atoms with E-state index < -0.39 is 11.7 Å². The van der Waals surface area contributed by atoms with Gasteiger partial charge in [-0.05, 0) is 52.5 Å². The monoisotopic (exact) mass is 521 g/mol. The van der Waals surface area contributed by atoms with Crippen LogP contribution >= 0.6 is 15.9 Å². The summed E-state index contributed by atoms with van der Waals surface area (Å²) in [7, 11) is 1.83. The zero-order valence-corrected chi connectivity index (χ0v) is 19.6. The minimum absolute atomic E-state index is 0.0516. The minimum Gasteiger partial charge on any atom is -0.346 e. The van der Waals surface area contributed by atoms with Crippen molar-refractivity contribution in [2.45, 2.75) is 19.6 Å². The summed E-state index contributed by atoms with van der Waals surface area (Å²) in [6, 6.07) is 5.92. The molecule has 0 atom stereocenters. The number of pyridine rings is 1. The Kier molecular flexibility index (Phi) is 7.06. The standard InChI is InChI=1S/C23H23BrF3N5O/c1-5-10-31(4)30-15(3)21-18(24)12-28-22(21)29-14(2)13-32-19-8-7-17(23(25,26)27)11-16(19)6-9-20(32)33/h5-12,28-30H,2-3,13H2,1,4H3/b10-5+. The van der Waals surface area contributed by atoms with Gasteiger partial charge in [-0.2, -0.15) is 13.2 Å². The van der Waals surface area contributed by atoms with Crippen LogP contribution in [-0.4, -0.2) is 21.6 Å². The Balaban J connectivity index is 1.86.